The average Bonchev–Trinajstić information content (AvgIpc) is 2.75. The molecule has 120 valence electrons. The van der Waals surface area contributed by atoms with E-state index in [1.165, 1.54) is 12.8 Å². The molecule has 1 aromatic heterocycles. The molecule has 1 atom stereocenters. The van der Waals surface area contributed by atoms with E-state index in [1.807, 2.05) is 11.7 Å². The largest absolute Gasteiger partial charge is 0.377 e. The fourth-order valence-corrected chi connectivity index (χ4v) is 3.78. The zero-order chi connectivity index (χ0) is 15.6. The Morgan fingerprint density at radius 1 is 1.48 bits per heavy atom. The summed E-state index contributed by atoms with van der Waals surface area (Å²) in [5.41, 5.74) is 8.29. The Kier molecular flexibility index (Phi) is 5.33. The molecule has 1 aliphatic carbocycles. The van der Waals surface area contributed by atoms with Gasteiger partial charge in [-0.1, -0.05) is 25.4 Å². The zero-order valence-electron chi connectivity index (χ0n) is 13.7. The van der Waals surface area contributed by atoms with Gasteiger partial charge >= 0.3 is 0 Å². The van der Waals surface area contributed by atoms with Gasteiger partial charge in [-0.3, -0.25) is 4.68 Å². The fraction of sp³-hybridized carbons (Fsp3) is 0.812. The molecule has 4 nitrogen and oxygen atoms in total. The Balaban J connectivity index is 2.16. The summed E-state index contributed by atoms with van der Waals surface area (Å²) in [5.74, 6) is 0.771. The van der Waals surface area contributed by atoms with E-state index >= 15 is 0 Å². The fourth-order valence-electron chi connectivity index (χ4n) is 3.41. The number of hydrogen-bond donors (Lipinski definition) is 1. The smallest absolute Gasteiger partial charge is 0.0850 e. The van der Waals surface area contributed by atoms with E-state index in [4.69, 9.17) is 22.1 Å². The third kappa shape index (κ3) is 3.27. The first-order valence-electron chi connectivity index (χ1n) is 7.94. The van der Waals surface area contributed by atoms with Gasteiger partial charge in [0.25, 0.3) is 0 Å². The molecule has 0 aliphatic heterocycles. The van der Waals surface area contributed by atoms with Gasteiger partial charge in [-0.2, -0.15) is 5.10 Å². The van der Waals surface area contributed by atoms with Crippen LogP contribution < -0.4 is 5.73 Å². The van der Waals surface area contributed by atoms with Crippen LogP contribution in [0.5, 0.6) is 0 Å². The maximum Gasteiger partial charge on any atom is 0.0850 e. The maximum atomic E-state index is 6.54. The van der Waals surface area contributed by atoms with Gasteiger partial charge in [0.2, 0.25) is 0 Å². The molecule has 0 radical (unpaired) electrons. The standard InChI is InChI=1S/C16H28ClN3O/c1-5-12-15(17)13(20(3)19-12)10-14(18)16(21-4)8-6-11(2)7-9-16/h11,14H,5-10,18H2,1-4H3. The number of nitrogens with zero attached hydrogens (tertiary/aromatic N) is 2. The van der Waals surface area contributed by atoms with E-state index in [2.05, 4.69) is 18.9 Å². The number of ether oxygens (including phenoxy) is 1. The summed E-state index contributed by atoms with van der Waals surface area (Å²) in [6, 6.07) is -0.0485. The Bertz CT molecular complexity index is 478. The zero-order valence-corrected chi connectivity index (χ0v) is 14.4. The second-order valence-electron chi connectivity index (χ2n) is 6.45. The van der Waals surface area contributed by atoms with E-state index in [0.29, 0.717) is 6.42 Å². The van der Waals surface area contributed by atoms with Crippen LogP contribution in [0.3, 0.4) is 0 Å². The van der Waals surface area contributed by atoms with Gasteiger partial charge in [0, 0.05) is 26.6 Å². The van der Waals surface area contributed by atoms with Gasteiger partial charge in [0.1, 0.15) is 0 Å². The SMILES string of the molecule is CCc1nn(C)c(CC(N)C2(OC)CCC(C)CC2)c1Cl. The molecular weight excluding hydrogens is 286 g/mol. The lowest BCUT2D eigenvalue weighted by Crippen LogP contribution is -2.52. The minimum Gasteiger partial charge on any atom is -0.377 e. The number of hydrogen-bond acceptors (Lipinski definition) is 3. The molecule has 0 amide bonds. The first-order chi connectivity index (χ1) is 9.93. The summed E-state index contributed by atoms with van der Waals surface area (Å²) in [6.07, 6.45) is 5.98. The van der Waals surface area contributed by atoms with Crippen molar-refractivity contribution in [1.82, 2.24) is 9.78 Å². The molecule has 2 N–H and O–H groups in total. The molecule has 21 heavy (non-hydrogen) atoms. The highest BCUT2D eigenvalue weighted by Gasteiger charge is 2.40. The number of halogens is 1. The molecule has 0 bridgehead atoms. The first-order valence-corrected chi connectivity index (χ1v) is 8.32. The molecule has 0 saturated heterocycles. The van der Waals surface area contributed by atoms with Crippen LogP contribution in [0.25, 0.3) is 0 Å². The lowest BCUT2D eigenvalue weighted by atomic mass is 9.74. The molecular formula is C16H28ClN3O. The van der Waals surface area contributed by atoms with Crippen molar-refractivity contribution in [2.75, 3.05) is 7.11 Å². The highest BCUT2D eigenvalue weighted by Crippen LogP contribution is 2.37. The maximum absolute atomic E-state index is 6.54. The van der Waals surface area contributed by atoms with Gasteiger partial charge in [-0.25, -0.2) is 0 Å². The molecule has 5 heteroatoms. The summed E-state index contributed by atoms with van der Waals surface area (Å²) >= 11 is 6.44. The predicted molar refractivity (Wildman–Crippen MR) is 86.6 cm³/mol. The van der Waals surface area contributed by atoms with E-state index < -0.39 is 0 Å². The first kappa shape index (κ1) is 16.8. The van der Waals surface area contributed by atoms with Crippen LogP contribution in [0.2, 0.25) is 5.02 Å². The van der Waals surface area contributed by atoms with Crippen molar-refractivity contribution in [3.05, 3.63) is 16.4 Å². The molecule has 0 spiro atoms. The number of aryl methyl sites for hydroxylation is 2. The van der Waals surface area contributed by atoms with Gasteiger partial charge in [0.15, 0.2) is 0 Å². The van der Waals surface area contributed by atoms with Gasteiger partial charge in [0.05, 0.1) is 22.0 Å². The van der Waals surface area contributed by atoms with Crippen molar-refractivity contribution in [1.29, 1.82) is 0 Å². The molecule has 1 fully saturated rings. The molecule has 1 unspecified atom stereocenters. The van der Waals surface area contributed by atoms with Crippen LogP contribution in [0.15, 0.2) is 0 Å². The number of aromatic nitrogens is 2. The highest BCUT2D eigenvalue weighted by atomic mass is 35.5. The third-order valence-corrected chi connectivity index (χ3v) is 5.56. The Morgan fingerprint density at radius 2 is 2.10 bits per heavy atom. The minimum absolute atomic E-state index is 0.0485. The van der Waals surface area contributed by atoms with E-state index in [1.54, 1.807) is 7.11 Å². The summed E-state index contributed by atoms with van der Waals surface area (Å²) in [6.45, 7) is 4.37. The normalized spacial score (nSPS) is 27.8. The average molecular weight is 314 g/mol. The number of rotatable bonds is 5. The molecule has 1 aromatic rings. The van der Waals surface area contributed by atoms with Crippen LogP contribution in [0, 0.1) is 5.92 Å². The minimum atomic E-state index is -0.216. The van der Waals surface area contributed by atoms with Crippen LogP contribution in [-0.2, 0) is 24.6 Å². The van der Waals surface area contributed by atoms with Crippen LogP contribution in [0.1, 0.15) is 50.9 Å². The van der Waals surface area contributed by atoms with E-state index in [-0.39, 0.29) is 11.6 Å². The van der Waals surface area contributed by atoms with Crippen molar-refractivity contribution < 1.29 is 4.74 Å². The van der Waals surface area contributed by atoms with Crippen molar-refractivity contribution in [2.45, 2.75) is 64.0 Å². The Labute approximate surface area is 133 Å². The molecule has 1 aliphatic rings. The third-order valence-electron chi connectivity index (χ3n) is 5.12. The lowest BCUT2D eigenvalue weighted by Gasteiger charge is -2.42. The molecule has 2 rings (SSSR count). The monoisotopic (exact) mass is 313 g/mol. The van der Waals surface area contributed by atoms with Gasteiger partial charge in [-0.15, -0.1) is 0 Å². The predicted octanol–water partition coefficient (Wildman–Crippen LogP) is 3.10. The summed E-state index contributed by atoms with van der Waals surface area (Å²) in [7, 11) is 3.73. The topological polar surface area (TPSA) is 53.1 Å². The van der Waals surface area contributed by atoms with Crippen molar-refractivity contribution in [3.8, 4) is 0 Å². The molecule has 0 aromatic carbocycles. The highest BCUT2D eigenvalue weighted by molar-refractivity contribution is 6.31. The van der Waals surface area contributed by atoms with Crippen LogP contribution in [0.4, 0.5) is 0 Å². The lowest BCUT2D eigenvalue weighted by molar-refractivity contribution is -0.0662. The quantitative estimate of drug-likeness (QED) is 0.908. The van der Waals surface area contributed by atoms with Crippen molar-refractivity contribution in [2.24, 2.45) is 18.7 Å². The second-order valence-corrected chi connectivity index (χ2v) is 6.82. The van der Waals surface area contributed by atoms with Gasteiger partial charge in [-0.05, 0) is 38.0 Å². The summed E-state index contributed by atoms with van der Waals surface area (Å²) < 4.78 is 7.75. The summed E-state index contributed by atoms with van der Waals surface area (Å²) in [5, 5.41) is 5.25. The molecule has 1 heterocycles. The van der Waals surface area contributed by atoms with Gasteiger partial charge < -0.3 is 10.5 Å². The molecule has 1 saturated carbocycles. The van der Waals surface area contributed by atoms with Crippen molar-refractivity contribution in [3.63, 3.8) is 0 Å². The van der Waals surface area contributed by atoms with Crippen LogP contribution in [-0.4, -0.2) is 28.5 Å². The second kappa shape index (κ2) is 6.67. The Hall–Kier alpha value is -0.580. The number of methoxy groups -OCH3 is 1. The van der Waals surface area contributed by atoms with Crippen molar-refractivity contribution >= 4 is 11.6 Å². The Morgan fingerprint density at radius 3 is 2.57 bits per heavy atom. The summed E-state index contributed by atoms with van der Waals surface area (Å²) in [4.78, 5) is 0. The van der Waals surface area contributed by atoms with Crippen LogP contribution >= 0.6 is 11.6 Å². The van der Waals surface area contributed by atoms with E-state index in [9.17, 15) is 0 Å². The number of nitrogens with two attached hydrogens (primary N) is 1. The van der Waals surface area contributed by atoms with E-state index in [0.717, 1.165) is 41.6 Å².